The number of aromatic nitrogens is 2. The van der Waals surface area contributed by atoms with Crippen molar-refractivity contribution in [3.8, 4) is 17.0 Å². The van der Waals surface area contributed by atoms with E-state index >= 15 is 0 Å². The second-order valence-corrected chi connectivity index (χ2v) is 7.82. The molecule has 1 amide bonds. The molecule has 1 atom stereocenters. The van der Waals surface area contributed by atoms with Crippen LogP contribution in [-0.2, 0) is 4.74 Å². The second-order valence-electron chi connectivity index (χ2n) is 6.97. The lowest BCUT2D eigenvalue weighted by Gasteiger charge is -2.27. The van der Waals surface area contributed by atoms with E-state index in [9.17, 15) is 4.79 Å². The topological polar surface area (TPSA) is 67.5 Å². The van der Waals surface area contributed by atoms with Gasteiger partial charge in [0.15, 0.2) is 0 Å². The summed E-state index contributed by atoms with van der Waals surface area (Å²) in [6.45, 7) is 1.09. The normalized spacial score (nSPS) is 15.5. The van der Waals surface area contributed by atoms with Gasteiger partial charge in [-0.15, -0.1) is 0 Å². The number of para-hydroxylation sites is 1. The molecule has 1 unspecified atom stereocenters. The number of methoxy groups -OCH3 is 2. The highest BCUT2D eigenvalue weighted by atomic mass is 35.5. The van der Waals surface area contributed by atoms with Gasteiger partial charge in [-0.2, -0.15) is 5.10 Å². The van der Waals surface area contributed by atoms with Crippen molar-refractivity contribution in [2.24, 2.45) is 0 Å². The summed E-state index contributed by atoms with van der Waals surface area (Å²) < 4.78 is 10.8. The van der Waals surface area contributed by atoms with Crippen LogP contribution in [0.5, 0.6) is 5.75 Å². The monoisotopic (exact) mass is 445 g/mol. The van der Waals surface area contributed by atoms with Crippen molar-refractivity contribution < 1.29 is 14.3 Å². The van der Waals surface area contributed by atoms with Gasteiger partial charge in [0.2, 0.25) is 0 Å². The third-order valence-corrected chi connectivity index (χ3v) is 5.78. The molecule has 1 aliphatic rings. The maximum atomic E-state index is 13.3. The van der Waals surface area contributed by atoms with E-state index in [1.807, 2.05) is 35.2 Å². The molecule has 2 aromatic carbocycles. The van der Waals surface area contributed by atoms with E-state index in [0.717, 1.165) is 11.1 Å². The van der Waals surface area contributed by atoms with Crippen LogP contribution in [0.3, 0.4) is 0 Å². The summed E-state index contributed by atoms with van der Waals surface area (Å²) in [4.78, 5) is 15.1. The molecule has 0 saturated carbocycles. The van der Waals surface area contributed by atoms with Crippen molar-refractivity contribution in [3.05, 3.63) is 69.3 Å². The van der Waals surface area contributed by atoms with E-state index in [1.54, 1.807) is 26.4 Å². The number of nitrogens with zero attached hydrogens (tertiary/aromatic N) is 2. The van der Waals surface area contributed by atoms with Crippen molar-refractivity contribution in [2.45, 2.75) is 12.5 Å². The van der Waals surface area contributed by atoms with Gasteiger partial charge in [0, 0.05) is 42.0 Å². The van der Waals surface area contributed by atoms with Crippen LogP contribution in [0.25, 0.3) is 11.3 Å². The first-order valence-corrected chi connectivity index (χ1v) is 10.3. The van der Waals surface area contributed by atoms with Crippen LogP contribution in [0.15, 0.2) is 42.5 Å². The van der Waals surface area contributed by atoms with Gasteiger partial charge in [-0.3, -0.25) is 9.89 Å². The molecular formula is C22H21Cl2N3O3. The van der Waals surface area contributed by atoms with Gasteiger partial charge in [0.05, 0.1) is 18.2 Å². The Morgan fingerprint density at radius 1 is 1.17 bits per heavy atom. The van der Waals surface area contributed by atoms with Gasteiger partial charge in [0.1, 0.15) is 17.1 Å². The van der Waals surface area contributed by atoms with Crippen molar-refractivity contribution >= 4 is 29.1 Å². The molecule has 156 valence electrons. The van der Waals surface area contributed by atoms with Crippen LogP contribution in [0.2, 0.25) is 10.0 Å². The number of benzene rings is 2. The quantitative estimate of drug-likeness (QED) is 0.521. The fraction of sp³-hybridized carbons (Fsp3) is 0.273. The first-order valence-electron chi connectivity index (χ1n) is 9.53. The molecule has 6 nitrogen and oxygen atoms in total. The smallest absolute Gasteiger partial charge is 0.273 e. The maximum Gasteiger partial charge on any atom is 0.273 e. The molecule has 0 saturated heterocycles. The van der Waals surface area contributed by atoms with Crippen LogP contribution in [0.4, 0.5) is 0 Å². The Kier molecular flexibility index (Phi) is 5.99. The highest BCUT2D eigenvalue weighted by Crippen LogP contribution is 2.46. The summed E-state index contributed by atoms with van der Waals surface area (Å²) >= 11 is 12.5. The Hall–Kier alpha value is -2.54. The van der Waals surface area contributed by atoms with Crippen LogP contribution < -0.4 is 4.74 Å². The summed E-state index contributed by atoms with van der Waals surface area (Å²) in [5, 5.41) is 8.38. The Balaban J connectivity index is 1.88. The largest absolute Gasteiger partial charge is 0.496 e. The SMILES string of the molecule is COCCCN1C(=O)c2[nH]nc(-c3ccc(Cl)cc3Cl)c2C1c1ccccc1OC. The Morgan fingerprint density at radius 3 is 2.70 bits per heavy atom. The van der Waals surface area contributed by atoms with E-state index in [4.69, 9.17) is 32.7 Å². The van der Waals surface area contributed by atoms with Gasteiger partial charge in [-0.25, -0.2) is 0 Å². The van der Waals surface area contributed by atoms with Gasteiger partial charge in [-0.05, 0) is 30.7 Å². The van der Waals surface area contributed by atoms with Crippen LogP contribution >= 0.6 is 23.2 Å². The van der Waals surface area contributed by atoms with Crippen LogP contribution in [-0.4, -0.2) is 48.4 Å². The van der Waals surface area contributed by atoms with Crippen LogP contribution in [0, 0.1) is 0 Å². The van der Waals surface area contributed by atoms with Crippen molar-refractivity contribution in [2.75, 3.05) is 27.4 Å². The minimum atomic E-state index is -0.360. The molecule has 0 radical (unpaired) electrons. The molecule has 0 aliphatic carbocycles. The lowest BCUT2D eigenvalue weighted by Crippen LogP contribution is -2.31. The molecule has 1 aromatic heterocycles. The molecule has 8 heteroatoms. The highest BCUT2D eigenvalue weighted by Gasteiger charge is 2.43. The Bertz CT molecular complexity index is 1080. The minimum absolute atomic E-state index is 0.110. The number of ether oxygens (including phenoxy) is 2. The average molecular weight is 446 g/mol. The summed E-state index contributed by atoms with van der Waals surface area (Å²) in [7, 11) is 3.27. The van der Waals surface area contributed by atoms with E-state index in [-0.39, 0.29) is 11.9 Å². The van der Waals surface area contributed by atoms with Gasteiger partial charge >= 0.3 is 0 Å². The maximum absolute atomic E-state index is 13.3. The molecule has 1 aliphatic heterocycles. The van der Waals surface area contributed by atoms with Gasteiger partial charge in [-0.1, -0.05) is 41.4 Å². The molecule has 0 bridgehead atoms. The van der Waals surface area contributed by atoms with E-state index in [0.29, 0.717) is 52.3 Å². The number of carbonyl (C=O) groups excluding carboxylic acids is 1. The standard InChI is InChI=1S/C22H21Cl2N3O3/c1-29-11-5-10-27-21(15-6-3-4-7-17(15)30-2)18-19(25-26-20(18)22(27)28)14-9-8-13(23)12-16(14)24/h3-4,6-9,12,21H,5,10-11H2,1-2H3,(H,25,26). The third-order valence-electron chi connectivity index (χ3n) is 5.23. The summed E-state index contributed by atoms with van der Waals surface area (Å²) in [6, 6.07) is 12.6. The van der Waals surface area contributed by atoms with E-state index in [1.165, 1.54) is 0 Å². The van der Waals surface area contributed by atoms with Crippen molar-refractivity contribution in [1.29, 1.82) is 0 Å². The Labute approximate surface area is 184 Å². The summed E-state index contributed by atoms with van der Waals surface area (Å²) in [6.07, 6.45) is 0.711. The van der Waals surface area contributed by atoms with E-state index in [2.05, 4.69) is 10.2 Å². The molecule has 0 fully saturated rings. The van der Waals surface area contributed by atoms with Crippen LogP contribution in [0.1, 0.15) is 34.1 Å². The summed E-state index contributed by atoms with van der Waals surface area (Å²) in [5.41, 5.74) is 3.47. The zero-order valence-corrected chi connectivity index (χ0v) is 18.1. The summed E-state index contributed by atoms with van der Waals surface area (Å²) in [5.74, 6) is 0.593. The fourth-order valence-corrected chi connectivity index (χ4v) is 4.41. The number of hydrogen-bond acceptors (Lipinski definition) is 4. The van der Waals surface area contributed by atoms with E-state index < -0.39 is 0 Å². The molecule has 30 heavy (non-hydrogen) atoms. The lowest BCUT2D eigenvalue weighted by atomic mass is 9.95. The van der Waals surface area contributed by atoms with Gasteiger partial charge in [0.25, 0.3) is 5.91 Å². The molecule has 3 aromatic rings. The predicted molar refractivity (Wildman–Crippen MR) is 116 cm³/mol. The van der Waals surface area contributed by atoms with Crippen molar-refractivity contribution in [3.63, 3.8) is 0 Å². The number of nitrogens with one attached hydrogen (secondary N) is 1. The first kappa shape index (κ1) is 20.7. The number of aromatic amines is 1. The fourth-order valence-electron chi connectivity index (χ4n) is 3.91. The number of amides is 1. The number of fused-ring (bicyclic) bond motifs is 1. The number of halogens is 2. The zero-order valence-electron chi connectivity index (χ0n) is 16.6. The van der Waals surface area contributed by atoms with Crippen molar-refractivity contribution in [1.82, 2.24) is 15.1 Å². The zero-order chi connectivity index (χ0) is 21.3. The molecule has 2 heterocycles. The number of H-pyrrole nitrogens is 1. The number of hydrogen-bond donors (Lipinski definition) is 1. The lowest BCUT2D eigenvalue weighted by molar-refractivity contribution is 0.0722. The minimum Gasteiger partial charge on any atom is -0.496 e. The predicted octanol–water partition coefficient (Wildman–Crippen LogP) is 4.97. The molecule has 1 N–H and O–H groups in total. The average Bonchev–Trinajstić information content (AvgIpc) is 3.28. The second kappa shape index (κ2) is 8.68. The Morgan fingerprint density at radius 2 is 1.97 bits per heavy atom. The first-order chi connectivity index (χ1) is 14.6. The molecule has 0 spiro atoms. The number of rotatable bonds is 7. The third kappa shape index (κ3) is 3.55. The molecule has 4 rings (SSSR count). The van der Waals surface area contributed by atoms with Gasteiger partial charge < -0.3 is 14.4 Å². The molecular weight excluding hydrogens is 425 g/mol. The number of carbonyl (C=O) groups is 1. The highest BCUT2D eigenvalue weighted by molar-refractivity contribution is 6.36.